The Kier molecular flexibility index (Phi) is 7.21. The van der Waals surface area contributed by atoms with Gasteiger partial charge < -0.3 is 9.13 Å². The first-order valence-corrected chi connectivity index (χ1v) is 17.2. The lowest BCUT2D eigenvalue weighted by atomic mass is 9.80. The molecule has 9 aromatic rings. The fourth-order valence-corrected chi connectivity index (χ4v) is 7.84. The van der Waals surface area contributed by atoms with Gasteiger partial charge >= 0.3 is 0 Å². The summed E-state index contributed by atoms with van der Waals surface area (Å²) in [4.78, 5) is 0. The van der Waals surface area contributed by atoms with E-state index >= 15 is 0 Å². The van der Waals surface area contributed by atoms with E-state index in [4.69, 9.17) is 0 Å². The normalized spacial score (nSPS) is 11.5. The molecule has 49 heavy (non-hydrogen) atoms. The molecule has 0 atom stereocenters. The number of hydrogen-bond donors (Lipinski definition) is 0. The zero-order valence-corrected chi connectivity index (χ0v) is 27.6. The molecule has 0 fully saturated rings. The Labute approximate surface area is 287 Å². The van der Waals surface area contributed by atoms with Crippen molar-refractivity contribution in [3.8, 4) is 39.1 Å². The number of hydrogen-bond acceptors (Lipinski definition) is 0. The van der Waals surface area contributed by atoms with Crippen molar-refractivity contribution in [2.75, 3.05) is 0 Å². The van der Waals surface area contributed by atoms with E-state index < -0.39 is 0 Å². The Morgan fingerprint density at radius 2 is 0.959 bits per heavy atom. The lowest BCUT2D eigenvalue weighted by Crippen LogP contribution is -1.99. The number of aromatic nitrogens is 2. The van der Waals surface area contributed by atoms with Gasteiger partial charge in [-0.05, 0) is 82.1 Å². The maximum absolute atomic E-state index is 2.42. The van der Waals surface area contributed by atoms with Gasteiger partial charge in [0.2, 0.25) is 0 Å². The third-order valence-corrected chi connectivity index (χ3v) is 10.0. The first-order chi connectivity index (χ1) is 24.3. The van der Waals surface area contributed by atoms with E-state index in [2.05, 4.69) is 192 Å². The van der Waals surface area contributed by atoms with Gasteiger partial charge in [0.25, 0.3) is 0 Å². The van der Waals surface area contributed by atoms with Crippen molar-refractivity contribution in [3.63, 3.8) is 0 Å². The highest BCUT2D eigenvalue weighted by Crippen LogP contribution is 2.48. The molecule has 0 radical (unpaired) electrons. The van der Waals surface area contributed by atoms with Gasteiger partial charge in [0.1, 0.15) is 0 Å². The second kappa shape index (κ2) is 12.2. The minimum Gasteiger partial charge on any atom is -0.341 e. The van der Waals surface area contributed by atoms with Crippen LogP contribution in [-0.2, 0) is 13.0 Å². The van der Waals surface area contributed by atoms with Crippen LogP contribution >= 0.6 is 0 Å². The quantitative estimate of drug-likeness (QED) is 0.166. The van der Waals surface area contributed by atoms with Gasteiger partial charge in [-0.3, -0.25) is 0 Å². The van der Waals surface area contributed by atoms with Crippen LogP contribution in [0.1, 0.15) is 18.1 Å². The lowest BCUT2D eigenvalue weighted by Gasteiger charge is -2.22. The van der Waals surface area contributed by atoms with Gasteiger partial charge in [-0.15, -0.1) is 0 Å². The number of fused-ring (bicyclic) bond motifs is 4. The SMILES string of the molecule is CCn1c2ccccc2c2cc(-n3cc4c(Cc5ccccc5)c(-c5ccccc5)c(-c5ccccc5)c(-c5ccccc5)c4c3)ccc21. The van der Waals surface area contributed by atoms with E-state index in [1.165, 1.54) is 77.1 Å². The summed E-state index contributed by atoms with van der Waals surface area (Å²) in [6.07, 6.45) is 5.57. The molecule has 0 saturated carbocycles. The highest BCUT2D eigenvalue weighted by molar-refractivity contribution is 6.13. The first-order valence-electron chi connectivity index (χ1n) is 17.2. The fourth-order valence-electron chi connectivity index (χ4n) is 7.84. The molecule has 2 heterocycles. The van der Waals surface area contributed by atoms with Crippen molar-refractivity contribution >= 4 is 32.6 Å². The molecule has 0 amide bonds. The average molecular weight is 629 g/mol. The second-order valence-electron chi connectivity index (χ2n) is 12.8. The smallest absolute Gasteiger partial charge is 0.0492 e. The van der Waals surface area contributed by atoms with Gasteiger partial charge in [-0.2, -0.15) is 0 Å². The summed E-state index contributed by atoms with van der Waals surface area (Å²) in [6.45, 7) is 3.16. The zero-order chi connectivity index (χ0) is 32.7. The Morgan fingerprint density at radius 1 is 0.429 bits per heavy atom. The third-order valence-electron chi connectivity index (χ3n) is 10.0. The van der Waals surface area contributed by atoms with E-state index in [-0.39, 0.29) is 0 Å². The molecule has 0 aliphatic heterocycles. The van der Waals surface area contributed by atoms with Crippen LogP contribution in [0.2, 0.25) is 0 Å². The van der Waals surface area contributed by atoms with Crippen molar-refractivity contribution < 1.29 is 0 Å². The average Bonchev–Trinajstić information content (AvgIpc) is 3.76. The summed E-state index contributed by atoms with van der Waals surface area (Å²) in [7, 11) is 0. The van der Waals surface area contributed by atoms with Crippen molar-refractivity contribution in [3.05, 3.63) is 187 Å². The van der Waals surface area contributed by atoms with E-state index in [0.29, 0.717) is 0 Å². The fraction of sp³-hybridized carbons (Fsp3) is 0.0638. The van der Waals surface area contributed by atoms with Gasteiger partial charge in [-0.1, -0.05) is 140 Å². The van der Waals surface area contributed by atoms with Crippen molar-refractivity contribution in [2.45, 2.75) is 19.9 Å². The summed E-state index contributed by atoms with van der Waals surface area (Å²) < 4.78 is 4.77. The molecule has 9 rings (SSSR count). The van der Waals surface area contributed by atoms with E-state index in [1.807, 2.05) is 0 Å². The number of para-hydroxylation sites is 1. The molecule has 0 aliphatic rings. The highest BCUT2D eigenvalue weighted by Gasteiger charge is 2.24. The molecule has 0 N–H and O–H groups in total. The maximum atomic E-state index is 2.42. The van der Waals surface area contributed by atoms with Gasteiger partial charge in [0.05, 0.1) is 0 Å². The Balaban J connectivity index is 1.41. The van der Waals surface area contributed by atoms with Crippen LogP contribution in [0.4, 0.5) is 0 Å². The monoisotopic (exact) mass is 628 g/mol. The minimum atomic E-state index is 0.823. The van der Waals surface area contributed by atoms with Crippen LogP contribution in [-0.4, -0.2) is 9.13 Å². The van der Waals surface area contributed by atoms with E-state index in [9.17, 15) is 0 Å². The molecule has 0 bridgehead atoms. The van der Waals surface area contributed by atoms with E-state index in [0.717, 1.165) is 18.7 Å². The maximum Gasteiger partial charge on any atom is 0.0492 e. The number of rotatable bonds is 7. The summed E-state index contributed by atoms with van der Waals surface area (Å²) in [6, 6.07) is 59.5. The first kappa shape index (κ1) is 29.1. The van der Waals surface area contributed by atoms with Crippen LogP contribution in [0, 0.1) is 0 Å². The molecule has 2 aromatic heterocycles. The highest BCUT2D eigenvalue weighted by atomic mass is 15.0. The van der Waals surface area contributed by atoms with Crippen LogP contribution in [0.15, 0.2) is 176 Å². The van der Waals surface area contributed by atoms with E-state index in [1.54, 1.807) is 0 Å². The number of aryl methyl sites for hydroxylation is 1. The molecule has 7 aromatic carbocycles. The predicted octanol–water partition coefficient (Wildman–Crippen LogP) is 12.4. The molecule has 0 aliphatic carbocycles. The van der Waals surface area contributed by atoms with Crippen LogP contribution in [0.3, 0.4) is 0 Å². The number of benzene rings is 7. The third kappa shape index (κ3) is 4.96. The summed E-state index contributed by atoms with van der Waals surface area (Å²) >= 11 is 0. The largest absolute Gasteiger partial charge is 0.341 e. The Hall–Kier alpha value is -6.12. The standard InChI is InChI=1S/C47H36N2/c1-2-49-43-26-16-15-25-38(43)39-30-37(27-28-44(39)49)48-31-41-40(29-33-17-7-3-8-18-33)45(34-19-9-4-10-20-34)47(36-23-13-6-14-24-36)46(42(41)32-48)35-21-11-5-12-22-35/h3-28,30-32H,2,29H2,1H3. The summed E-state index contributed by atoms with van der Waals surface area (Å²) in [5.41, 5.74) is 13.9. The Morgan fingerprint density at radius 3 is 1.61 bits per heavy atom. The van der Waals surface area contributed by atoms with Crippen molar-refractivity contribution in [2.24, 2.45) is 0 Å². The van der Waals surface area contributed by atoms with Crippen LogP contribution < -0.4 is 0 Å². The van der Waals surface area contributed by atoms with Gasteiger partial charge in [-0.25, -0.2) is 0 Å². The topological polar surface area (TPSA) is 9.86 Å². The Bertz CT molecular complexity index is 2580. The van der Waals surface area contributed by atoms with Crippen LogP contribution in [0.25, 0.3) is 71.6 Å². The molecule has 234 valence electrons. The molecular weight excluding hydrogens is 593 g/mol. The molecule has 0 saturated heterocycles. The van der Waals surface area contributed by atoms with Crippen molar-refractivity contribution in [1.82, 2.24) is 9.13 Å². The predicted molar refractivity (Wildman–Crippen MR) is 208 cm³/mol. The molecule has 0 spiro atoms. The van der Waals surface area contributed by atoms with Gasteiger partial charge in [0.15, 0.2) is 0 Å². The summed E-state index contributed by atoms with van der Waals surface area (Å²) in [5, 5.41) is 5.12. The van der Waals surface area contributed by atoms with Crippen LogP contribution in [0.5, 0.6) is 0 Å². The molecular formula is C47H36N2. The molecule has 2 nitrogen and oxygen atoms in total. The minimum absolute atomic E-state index is 0.823. The zero-order valence-electron chi connectivity index (χ0n) is 27.6. The number of nitrogens with zero attached hydrogens (tertiary/aromatic N) is 2. The van der Waals surface area contributed by atoms with Crippen molar-refractivity contribution in [1.29, 1.82) is 0 Å². The molecule has 2 heteroatoms. The molecule has 0 unspecified atom stereocenters. The van der Waals surface area contributed by atoms with Gasteiger partial charge in [0, 0.05) is 57.2 Å². The second-order valence-corrected chi connectivity index (χ2v) is 12.8. The summed E-state index contributed by atoms with van der Waals surface area (Å²) in [5.74, 6) is 0. The lowest BCUT2D eigenvalue weighted by molar-refractivity contribution is 0.827.